The van der Waals surface area contributed by atoms with Crippen LogP contribution in [-0.2, 0) is 6.54 Å². The van der Waals surface area contributed by atoms with E-state index in [1.165, 1.54) is 12.1 Å². The van der Waals surface area contributed by atoms with Gasteiger partial charge in [-0.3, -0.25) is 0 Å². The Kier molecular flexibility index (Phi) is 2.55. The average Bonchev–Trinajstić information content (AvgIpc) is 2.38. The Bertz CT molecular complexity index is 605. The van der Waals surface area contributed by atoms with Crippen molar-refractivity contribution in [1.82, 2.24) is 4.98 Å². The molecule has 0 saturated heterocycles. The van der Waals surface area contributed by atoms with Gasteiger partial charge in [-0.1, -0.05) is 6.07 Å². The number of rotatable bonds is 1. The molecule has 2 aromatic rings. The van der Waals surface area contributed by atoms with Crippen molar-refractivity contribution in [2.45, 2.75) is 13.5 Å². The van der Waals surface area contributed by atoms with Crippen molar-refractivity contribution in [3.05, 3.63) is 53.5 Å². The van der Waals surface area contributed by atoms with Gasteiger partial charge in [0.1, 0.15) is 11.6 Å². The lowest BCUT2D eigenvalue weighted by molar-refractivity contribution is 0.625. The van der Waals surface area contributed by atoms with Gasteiger partial charge in [0, 0.05) is 11.8 Å². The third-order valence-corrected chi connectivity index (χ3v) is 2.91. The molecule has 0 unspecified atom stereocenters. The molecular formula is C14H12FN3. The molecule has 0 amide bonds. The van der Waals surface area contributed by atoms with Crippen LogP contribution in [0.15, 0.2) is 41.5 Å². The van der Waals surface area contributed by atoms with E-state index >= 15 is 0 Å². The second-order valence-corrected chi connectivity index (χ2v) is 4.34. The molecule has 0 radical (unpaired) electrons. The maximum atomic E-state index is 13.2. The van der Waals surface area contributed by atoms with Gasteiger partial charge < -0.3 is 4.90 Å². The van der Waals surface area contributed by atoms with Crippen LogP contribution in [0.25, 0.3) is 0 Å². The normalized spacial score (nSPS) is 13.6. The molecule has 3 nitrogen and oxygen atoms in total. The Morgan fingerprint density at radius 1 is 1.22 bits per heavy atom. The Balaban J connectivity index is 1.93. The van der Waals surface area contributed by atoms with Crippen LogP contribution in [0.4, 0.5) is 15.9 Å². The predicted molar refractivity (Wildman–Crippen MR) is 69.7 cm³/mol. The van der Waals surface area contributed by atoms with Crippen LogP contribution in [0, 0.1) is 12.7 Å². The van der Waals surface area contributed by atoms with Crippen LogP contribution >= 0.6 is 0 Å². The molecule has 1 aromatic heterocycles. The summed E-state index contributed by atoms with van der Waals surface area (Å²) in [4.78, 5) is 10.6. The van der Waals surface area contributed by atoms with Crippen LogP contribution in [0.3, 0.4) is 0 Å². The molecule has 0 bridgehead atoms. The lowest BCUT2D eigenvalue weighted by Crippen LogP contribution is -2.24. The van der Waals surface area contributed by atoms with Crippen LogP contribution in [0.2, 0.25) is 0 Å². The standard InChI is InChI=1S/C14H12FN3/c1-10-2-5-14(16-7-10)18-8-11-6-12(15)3-4-13(11)17-9-18/h2-7,9H,8H2,1H3. The zero-order valence-electron chi connectivity index (χ0n) is 9.97. The smallest absolute Gasteiger partial charge is 0.133 e. The topological polar surface area (TPSA) is 28.5 Å². The zero-order chi connectivity index (χ0) is 12.5. The predicted octanol–water partition coefficient (Wildman–Crippen LogP) is 3.21. The second kappa shape index (κ2) is 4.22. The third-order valence-electron chi connectivity index (χ3n) is 2.91. The molecule has 3 rings (SSSR count). The summed E-state index contributed by atoms with van der Waals surface area (Å²) >= 11 is 0. The van der Waals surface area contributed by atoms with Crippen molar-refractivity contribution >= 4 is 17.8 Å². The number of hydrogen-bond acceptors (Lipinski definition) is 3. The van der Waals surface area contributed by atoms with E-state index in [0.717, 1.165) is 22.6 Å². The van der Waals surface area contributed by atoms with Gasteiger partial charge >= 0.3 is 0 Å². The fourth-order valence-corrected chi connectivity index (χ4v) is 1.93. The molecule has 0 atom stereocenters. The highest BCUT2D eigenvalue weighted by molar-refractivity contribution is 5.82. The number of aliphatic imine (C=N–C) groups is 1. The van der Waals surface area contributed by atoms with E-state index in [1.807, 2.05) is 30.2 Å². The molecule has 0 saturated carbocycles. The van der Waals surface area contributed by atoms with Crippen molar-refractivity contribution in [2.24, 2.45) is 4.99 Å². The maximum absolute atomic E-state index is 13.2. The molecular weight excluding hydrogens is 229 g/mol. The highest BCUT2D eigenvalue weighted by Gasteiger charge is 2.14. The summed E-state index contributed by atoms with van der Waals surface area (Å²) in [5.41, 5.74) is 2.80. The number of aryl methyl sites for hydroxylation is 1. The van der Waals surface area contributed by atoms with E-state index in [0.29, 0.717) is 6.54 Å². The first-order chi connectivity index (χ1) is 8.72. The Labute approximate surface area is 105 Å². The van der Waals surface area contributed by atoms with Gasteiger partial charge in [-0.05, 0) is 36.8 Å². The van der Waals surface area contributed by atoms with E-state index in [4.69, 9.17) is 0 Å². The largest absolute Gasteiger partial charge is 0.313 e. The quantitative estimate of drug-likeness (QED) is 0.767. The van der Waals surface area contributed by atoms with Crippen molar-refractivity contribution in [1.29, 1.82) is 0 Å². The van der Waals surface area contributed by atoms with Crippen LogP contribution in [-0.4, -0.2) is 11.3 Å². The molecule has 18 heavy (non-hydrogen) atoms. The fraction of sp³-hybridized carbons (Fsp3) is 0.143. The average molecular weight is 241 g/mol. The first-order valence-electron chi connectivity index (χ1n) is 5.74. The van der Waals surface area contributed by atoms with Crippen molar-refractivity contribution in [2.75, 3.05) is 4.90 Å². The molecule has 4 heteroatoms. The molecule has 0 spiro atoms. The molecule has 0 fully saturated rings. The minimum atomic E-state index is -0.234. The third kappa shape index (κ3) is 1.97. The van der Waals surface area contributed by atoms with E-state index in [2.05, 4.69) is 9.98 Å². The highest BCUT2D eigenvalue weighted by atomic mass is 19.1. The van der Waals surface area contributed by atoms with Crippen LogP contribution in [0.5, 0.6) is 0 Å². The van der Waals surface area contributed by atoms with E-state index in [1.54, 1.807) is 12.4 Å². The molecule has 1 aromatic carbocycles. The number of pyridine rings is 1. The lowest BCUT2D eigenvalue weighted by atomic mass is 10.1. The van der Waals surface area contributed by atoms with Gasteiger partial charge in [-0.2, -0.15) is 0 Å². The first kappa shape index (κ1) is 10.9. The number of fused-ring (bicyclic) bond motifs is 1. The van der Waals surface area contributed by atoms with Crippen LogP contribution < -0.4 is 4.90 Å². The number of hydrogen-bond donors (Lipinski definition) is 0. The van der Waals surface area contributed by atoms with Crippen molar-refractivity contribution in [3.8, 4) is 0 Å². The van der Waals surface area contributed by atoms with Gasteiger partial charge in [-0.25, -0.2) is 14.4 Å². The molecule has 90 valence electrons. The summed E-state index contributed by atoms with van der Waals surface area (Å²) in [5, 5.41) is 0. The second-order valence-electron chi connectivity index (χ2n) is 4.34. The van der Waals surface area contributed by atoms with Gasteiger partial charge in [-0.15, -0.1) is 0 Å². The lowest BCUT2D eigenvalue weighted by Gasteiger charge is -2.23. The van der Waals surface area contributed by atoms with Gasteiger partial charge in [0.15, 0.2) is 0 Å². The molecule has 0 aliphatic carbocycles. The van der Waals surface area contributed by atoms with Crippen molar-refractivity contribution in [3.63, 3.8) is 0 Å². The number of halogens is 1. The van der Waals surface area contributed by atoms with E-state index < -0.39 is 0 Å². The molecule has 1 aliphatic rings. The highest BCUT2D eigenvalue weighted by Crippen LogP contribution is 2.26. The molecule has 1 aliphatic heterocycles. The number of benzene rings is 1. The van der Waals surface area contributed by atoms with E-state index in [9.17, 15) is 4.39 Å². The number of nitrogens with zero attached hydrogens (tertiary/aromatic N) is 3. The summed E-state index contributed by atoms with van der Waals surface area (Å²) in [6.07, 6.45) is 3.54. The zero-order valence-corrected chi connectivity index (χ0v) is 9.97. The summed E-state index contributed by atoms with van der Waals surface area (Å²) < 4.78 is 13.2. The minimum Gasteiger partial charge on any atom is -0.313 e. The monoisotopic (exact) mass is 241 g/mol. The Morgan fingerprint density at radius 2 is 2.11 bits per heavy atom. The van der Waals surface area contributed by atoms with Gasteiger partial charge in [0.2, 0.25) is 0 Å². The van der Waals surface area contributed by atoms with Gasteiger partial charge in [0.25, 0.3) is 0 Å². The molecule has 0 N–H and O–H groups in total. The summed E-state index contributed by atoms with van der Waals surface area (Å²) in [6, 6.07) is 8.58. The van der Waals surface area contributed by atoms with E-state index in [-0.39, 0.29) is 5.82 Å². The van der Waals surface area contributed by atoms with Crippen LogP contribution in [0.1, 0.15) is 11.1 Å². The summed E-state index contributed by atoms with van der Waals surface area (Å²) in [6.45, 7) is 2.58. The molecule has 2 heterocycles. The SMILES string of the molecule is Cc1ccc(N2C=Nc3ccc(F)cc3C2)nc1. The number of anilines is 1. The fourth-order valence-electron chi connectivity index (χ4n) is 1.93. The first-order valence-corrected chi connectivity index (χ1v) is 5.74. The Morgan fingerprint density at radius 3 is 2.89 bits per heavy atom. The van der Waals surface area contributed by atoms with Gasteiger partial charge in [0.05, 0.1) is 18.6 Å². The maximum Gasteiger partial charge on any atom is 0.133 e. The minimum absolute atomic E-state index is 0.234. The summed E-state index contributed by atoms with van der Waals surface area (Å²) in [5.74, 6) is 0.585. The Hall–Kier alpha value is -2.23. The van der Waals surface area contributed by atoms with Crippen molar-refractivity contribution < 1.29 is 4.39 Å². The summed E-state index contributed by atoms with van der Waals surface area (Å²) in [7, 11) is 0. The number of aromatic nitrogens is 1.